The summed E-state index contributed by atoms with van der Waals surface area (Å²) in [5.74, 6) is 1.43. The zero-order valence-electron chi connectivity index (χ0n) is 14.4. The Morgan fingerprint density at radius 3 is 2.81 bits per heavy atom. The first kappa shape index (κ1) is 16.8. The second-order valence-corrected chi connectivity index (χ2v) is 7.30. The van der Waals surface area contributed by atoms with Gasteiger partial charge in [0.25, 0.3) is 0 Å². The first-order valence-corrected chi connectivity index (χ1v) is 9.63. The molecule has 3 aromatic rings. The van der Waals surface area contributed by atoms with Gasteiger partial charge in [0.2, 0.25) is 5.91 Å². The maximum atomic E-state index is 12.1. The number of benzene rings is 2. The average molecular weight is 368 g/mol. The number of aromatic nitrogens is 1. The Morgan fingerprint density at radius 1 is 1.08 bits per heavy atom. The number of carbonyl (C=O) groups is 1. The fraction of sp³-hybridized carbons (Fsp3) is 0.300. The highest BCUT2D eigenvalue weighted by Gasteiger charge is 2.12. The summed E-state index contributed by atoms with van der Waals surface area (Å²) in [5, 5.41) is 4.06. The minimum atomic E-state index is 0.0194. The quantitative estimate of drug-likeness (QED) is 0.654. The molecule has 0 saturated heterocycles. The number of rotatable bonds is 6. The number of amides is 1. The van der Waals surface area contributed by atoms with Crippen LogP contribution >= 0.6 is 11.3 Å². The van der Waals surface area contributed by atoms with Crippen LogP contribution in [0.3, 0.4) is 0 Å². The molecule has 1 aromatic heterocycles. The molecule has 26 heavy (non-hydrogen) atoms. The molecule has 0 saturated carbocycles. The van der Waals surface area contributed by atoms with Crippen molar-refractivity contribution in [2.45, 2.75) is 25.7 Å². The molecule has 4 rings (SSSR count). The molecule has 0 aliphatic carbocycles. The van der Waals surface area contributed by atoms with Crippen LogP contribution in [-0.2, 0) is 11.2 Å². The van der Waals surface area contributed by atoms with Crippen LogP contribution in [0.4, 0.5) is 5.69 Å². The highest BCUT2D eigenvalue weighted by Crippen LogP contribution is 2.32. The minimum Gasteiger partial charge on any atom is -0.486 e. The number of aryl methyl sites for hydroxylation is 1. The molecule has 0 spiro atoms. The molecule has 2 aromatic carbocycles. The van der Waals surface area contributed by atoms with Crippen molar-refractivity contribution >= 4 is 33.1 Å². The molecule has 1 amide bonds. The lowest BCUT2D eigenvalue weighted by Gasteiger charge is -2.19. The van der Waals surface area contributed by atoms with Crippen LogP contribution in [-0.4, -0.2) is 24.1 Å². The summed E-state index contributed by atoms with van der Waals surface area (Å²) in [6.45, 7) is 1.10. The highest BCUT2D eigenvalue weighted by molar-refractivity contribution is 7.18. The van der Waals surface area contributed by atoms with E-state index in [1.54, 1.807) is 11.3 Å². The number of ether oxygens (including phenoxy) is 2. The number of carbonyl (C=O) groups excluding carboxylic acids is 1. The minimum absolute atomic E-state index is 0.0194. The molecule has 1 aliphatic heterocycles. The molecule has 0 atom stereocenters. The zero-order valence-corrected chi connectivity index (χ0v) is 15.2. The molecule has 6 heteroatoms. The molecule has 1 N–H and O–H groups in total. The van der Waals surface area contributed by atoms with Crippen molar-refractivity contribution in [3.05, 3.63) is 47.5 Å². The maximum Gasteiger partial charge on any atom is 0.224 e. The SMILES string of the molecule is O=C(CCCCc1nc2ccccc2s1)Nc1ccc2c(c1)OCCO2. The van der Waals surface area contributed by atoms with Crippen LogP contribution in [0.25, 0.3) is 10.2 Å². The van der Waals surface area contributed by atoms with Crippen LogP contribution in [0.1, 0.15) is 24.3 Å². The van der Waals surface area contributed by atoms with Gasteiger partial charge in [0.15, 0.2) is 11.5 Å². The van der Waals surface area contributed by atoms with Crippen LogP contribution in [0.15, 0.2) is 42.5 Å². The summed E-state index contributed by atoms with van der Waals surface area (Å²) < 4.78 is 12.2. The van der Waals surface area contributed by atoms with Crippen LogP contribution in [0, 0.1) is 0 Å². The van der Waals surface area contributed by atoms with Gasteiger partial charge in [0, 0.05) is 18.2 Å². The summed E-state index contributed by atoms with van der Waals surface area (Å²) in [7, 11) is 0. The van der Waals surface area contributed by atoms with Gasteiger partial charge in [-0.25, -0.2) is 4.98 Å². The van der Waals surface area contributed by atoms with Gasteiger partial charge in [-0.15, -0.1) is 11.3 Å². The van der Waals surface area contributed by atoms with E-state index in [0.717, 1.165) is 41.2 Å². The molecule has 0 radical (unpaired) electrons. The molecular formula is C20H20N2O3S. The van der Waals surface area contributed by atoms with Crippen LogP contribution in [0.5, 0.6) is 11.5 Å². The number of nitrogens with one attached hydrogen (secondary N) is 1. The number of para-hydroxylation sites is 1. The van der Waals surface area contributed by atoms with E-state index < -0.39 is 0 Å². The summed E-state index contributed by atoms with van der Waals surface area (Å²) in [6, 6.07) is 13.7. The molecule has 2 heterocycles. The Balaban J connectivity index is 1.24. The van der Waals surface area contributed by atoms with Gasteiger partial charge < -0.3 is 14.8 Å². The van der Waals surface area contributed by atoms with Gasteiger partial charge in [0.05, 0.1) is 15.2 Å². The number of hydrogen-bond acceptors (Lipinski definition) is 5. The van der Waals surface area contributed by atoms with Crippen molar-refractivity contribution in [1.82, 2.24) is 4.98 Å². The number of hydrogen-bond donors (Lipinski definition) is 1. The molecule has 5 nitrogen and oxygen atoms in total. The second kappa shape index (κ2) is 7.74. The summed E-state index contributed by atoms with van der Waals surface area (Å²) in [6.07, 6.45) is 3.21. The lowest BCUT2D eigenvalue weighted by atomic mass is 10.2. The second-order valence-electron chi connectivity index (χ2n) is 6.19. The smallest absolute Gasteiger partial charge is 0.224 e. The van der Waals surface area contributed by atoms with Crippen molar-refractivity contribution in [3.63, 3.8) is 0 Å². The first-order chi connectivity index (χ1) is 12.8. The third-order valence-electron chi connectivity index (χ3n) is 4.21. The van der Waals surface area contributed by atoms with Crippen molar-refractivity contribution in [2.75, 3.05) is 18.5 Å². The van der Waals surface area contributed by atoms with E-state index in [0.29, 0.717) is 25.4 Å². The predicted molar refractivity (Wildman–Crippen MR) is 103 cm³/mol. The van der Waals surface area contributed by atoms with Gasteiger partial charge in [-0.2, -0.15) is 0 Å². The van der Waals surface area contributed by atoms with Gasteiger partial charge in [0.1, 0.15) is 13.2 Å². The summed E-state index contributed by atoms with van der Waals surface area (Å²) >= 11 is 1.73. The van der Waals surface area contributed by atoms with Crippen LogP contribution in [0.2, 0.25) is 0 Å². The lowest BCUT2D eigenvalue weighted by molar-refractivity contribution is -0.116. The topological polar surface area (TPSA) is 60.5 Å². The Labute approximate surface area is 156 Å². The molecular weight excluding hydrogens is 348 g/mol. The normalized spacial score (nSPS) is 12.9. The Kier molecular flexibility index (Phi) is 5.02. The van der Waals surface area contributed by atoms with Gasteiger partial charge in [-0.05, 0) is 43.5 Å². The summed E-state index contributed by atoms with van der Waals surface area (Å²) in [4.78, 5) is 16.8. The fourth-order valence-electron chi connectivity index (χ4n) is 2.93. The zero-order chi connectivity index (χ0) is 17.8. The average Bonchev–Trinajstić information content (AvgIpc) is 3.08. The van der Waals surface area contributed by atoms with Gasteiger partial charge in [-0.3, -0.25) is 4.79 Å². The number of fused-ring (bicyclic) bond motifs is 2. The monoisotopic (exact) mass is 368 g/mol. The number of unbranched alkanes of at least 4 members (excludes halogenated alkanes) is 1. The molecule has 134 valence electrons. The molecule has 1 aliphatic rings. The lowest BCUT2D eigenvalue weighted by Crippen LogP contribution is -2.16. The Morgan fingerprint density at radius 2 is 1.92 bits per heavy atom. The molecule has 0 unspecified atom stereocenters. The van der Waals surface area contributed by atoms with Crippen molar-refractivity contribution in [2.24, 2.45) is 0 Å². The highest BCUT2D eigenvalue weighted by atomic mass is 32.1. The predicted octanol–water partition coefficient (Wildman–Crippen LogP) is 4.42. The van der Waals surface area contributed by atoms with E-state index in [4.69, 9.17) is 9.47 Å². The van der Waals surface area contributed by atoms with E-state index in [9.17, 15) is 4.79 Å². The largest absolute Gasteiger partial charge is 0.486 e. The van der Waals surface area contributed by atoms with Crippen LogP contribution < -0.4 is 14.8 Å². The molecule has 0 bridgehead atoms. The van der Waals surface area contributed by atoms with Gasteiger partial charge >= 0.3 is 0 Å². The number of nitrogens with zero attached hydrogens (tertiary/aromatic N) is 1. The van der Waals surface area contributed by atoms with Crippen molar-refractivity contribution in [3.8, 4) is 11.5 Å². The van der Waals surface area contributed by atoms with E-state index in [1.807, 2.05) is 36.4 Å². The molecule has 0 fully saturated rings. The van der Waals surface area contributed by atoms with Gasteiger partial charge in [-0.1, -0.05) is 12.1 Å². The standard InChI is InChI=1S/C20H20N2O3S/c23-19(21-14-9-10-16-17(13-14)25-12-11-24-16)7-3-4-8-20-22-15-5-1-2-6-18(15)26-20/h1-2,5-6,9-10,13H,3-4,7-8,11-12H2,(H,21,23). The third-order valence-corrected chi connectivity index (χ3v) is 5.30. The van der Waals surface area contributed by atoms with Crippen molar-refractivity contribution in [1.29, 1.82) is 0 Å². The Bertz CT molecular complexity index is 889. The number of thiazole rings is 1. The number of anilines is 1. The maximum absolute atomic E-state index is 12.1. The summed E-state index contributed by atoms with van der Waals surface area (Å²) in [5.41, 5.74) is 1.80. The van der Waals surface area contributed by atoms with Crippen molar-refractivity contribution < 1.29 is 14.3 Å². The first-order valence-electron chi connectivity index (χ1n) is 8.82. The fourth-order valence-corrected chi connectivity index (χ4v) is 3.94. The van der Waals surface area contributed by atoms with E-state index in [2.05, 4.69) is 16.4 Å². The Hall–Kier alpha value is -2.60. The van der Waals surface area contributed by atoms with E-state index in [1.165, 1.54) is 4.70 Å². The van der Waals surface area contributed by atoms with E-state index >= 15 is 0 Å². The van der Waals surface area contributed by atoms with E-state index in [-0.39, 0.29) is 5.91 Å². The third kappa shape index (κ3) is 3.96.